The molecule has 0 radical (unpaired) electrons. The maximum atomic E-state index is 12.8. The number of aryl methyl sites for hydroxylation is 1. The summed E-state index contributed by atoms with van der Waals surface area (Å²) in [6, 6.07) is 5.80. The molecule has 9 nitrogen and oxygen atoms in total. The lowest BCUT2D eigenvalue weighted by atomic mass is 10.0. The summed E-state index contributed by atoms with van der Waals surface area (Å²) in [7, 11) is 1.68. The van der Waals surface area contributed by atoms with Gasteiger partial charge < -0.3 is 15.5 Å². The van der Waals surface area contributed by atoms with Crippen molar-refractivity contribution in [1.82, 2.24) is 20.1 Å². The first-order chi connectivity index (χ1) is 13.0. The van der Waals surface area contributed by atoms with Crippen LogP contribution in [0.3, 0.4) is 0 Å². The molecule has 0 aliphatic rings. The van der Waals surface area contributed by atoms with Crippen LogP contribution in [-0.2, 0) is 23.1 Å². The van der Waals surface area contributed by atoms with Crippen molar-refractivity contribution in [1.29, 1.82) is 0 Å². The van der Waals surface area contributed by atoms with E-state index in [0.717, 1.165) is 0 Å². The van der Waals surface area contributed by atoms with Gasteiger partial charge in [0.15, 0.2) is 0 Å². The molecule has 3 rings (SSSR count). The molecule has 0 aliphatic carbocycles. The second kappa shape index (κ2) is 7.65. The Morgan fingerprint density at radius 2 is 2.11 bits per heavy atom. The third kappa shape index (κ3) is 3.92. The molecular formula is C18H17N5O4. The van der Waals surface area contributed by atoms with E-state index in [1.807, 2.05) is 0 Å². The number of amides is 2. The van der Waals surface area contributed by atoms with Gasteiger partial charge in [-0.05, 0) is 23.8 Å². The first-order valence-corrected chi connectivity index (χ1v) is 8.06. The molecule has 3 N–H and O–H groups in total. The van der Waals surface area contributed by atoms with Crippen molar-refractivity contribution >= 4 is 17.6 Å². The number of hydrogen-bond acceptors (Lipinski definition) is 6. The van der Waals surface area contributed by atoms with Gasteiger partial charge in [-0.25, -0.2) is 0 Å². The van der Waals surface area contributed by atoms with Crippen molar-refractivity contribution in [3.63, 3.8) is 0 Å². The van der Waals surface area contributed by atoms with E-state index in [9.17, 15) is 14.4 Å². The van der Waals surface area contributed by atoms with Gasteiger partial charge in [0, 0.05) is 19.7 Å². The number of carbonyl (C=O) groups is 3. The summed E-state index contributed by atoms with van der Waals surface area (Å²) in [5.41, 5.74) is 7.03. The zero-order chi connectivity index (χ0) is 19.4. The Morgan fingerprint density at radius 3 is 2.74 bits per heavy atom. The van der Waals surface area contributed by atoms with E-state index >= 15 is 0 Å². The fourth-order valence-electron chi connectivity index (χ4n) is 2.67. The van der Waals surface area contributed by atoms with Crippen molar-refractivity contribution < 1.29 is 18.8 Å². The van der Waals surface area contributed by atoms with Crippen LogP contribution in [0.25, 0.3) is 11.4 Å². The highest BCUT2D eigenvalue weighted by Gasteiger charge is 2.28. The summed E-state index contributed by atoms with van der Waals surface area (Å²) in [6.45, 7) is 0. The Hall–Kier alpha value is -3.75. The molecule has 0 saturated carbocycles. The number of furan rings is 1. The predicted molar refractivity (Wildman–Crippen MR) is 94.3 cm³/mol. The fourth-order valence-corrected chi connectivity index (χ4v) is 2.67. The Balaban J connectivity index is 1.88. The zero-order valence-corrected chi connectivity index (χ0v) is 14.5. The topological polar surface area (TPSA) is 133 Å². The fraction of sp³-hybridized carbons (Fsp3) is 0.167. The maximum Gasteiger partial charge on any atom is 0.287 e. The molecule has 1 atom stereocenters. The highest BCUT2D eigenvalue weighted by Crippen LogP contribution is 2.21. The first kappa shape index (κ1) is 18.1. The molecule has 27 heavy (non-hydrogen) atoms. The number of nitrogens with two attached hydrogens (primary N) is 1. The predicted octanol–water partition coefficient (Wildman–Crippen LogP) is 0.471. The van der Waals surface area contributed by atoms with E-state index in [0.29, 0.717) is 17.0 Å². The molecule has 2 amide bonds. The van der Waals surface area contributed by atoms with Crippen LogP contribution in [0.5, 0.6) is 0 Å². The standard InChI is InChI=1S/C18H17N5O4/c1-23-15(13-4-2-3-6-20-13)12(9-21-23)18(26)22-14(16(24)17(19)25)8-11-5-7-27-10-11/h2-7,9-10,14H,8H2,1H3,(H2,19,25)(H,22,26). The molecule has 0 fully saturated rings. The number of primary amides is 1. The molecule has 3 aromatic heterocycles. The minimum Gasteiger partial charge on any atom is -0.472 e. The number of nitrogens with one attached hydrogen (secondary N) is 1. The van der Waals surface area contributed by atoms with Gasteiger partial charge in [0.25, 0.3) is 11.8 Å². The number of aromatic nitrogens is 3. The Morgan fingerprint density at radius 1 is 1.30 bits per heavy atom. The third-order valence-electron chi connectivity index (χ3n) is 3.98. The van der Waals surface area contributed by atoms with Crippen molar-refractivity contribution in [3.8, 4) is 11.4 Å². The lowest BCUT2D eigenvalue weighted by Gasteiger charge is -2.15. The Kier molecular flexibility index (Phi) is 5.11. The number of ketones is 1. The largest absolute Gasteiger partial charge is 0.472 e. The van der Waals surface area contributed by atoms with Gasteiger partial charge in [0.2, 0.25) is 5.78 Å². The van der Waals surface area contributed by atoms with Crippen molar-refractivity contribution in [2.75, 3.05) is 0 Å². The van der Waals surface area contributed by atoms with Crippen LogP contribution in [0, 0.1) is 0 Å². The molecule has 138 valence electrons. The van der Waals surface area contributed by atoms with Crippen molar-refractivity contribution in [3.05, 3.63) is 60.3 Å². The van der Waals surface area contributed by atoms with E-state index in [-0.39, 0.29) is 12.0 Å². The quantitative estimate of drug-likeness (QED) is 0.583. The average Bonchev–Trinajstić information content (AvgIpc) is 3.30. The second-order valence-corrected chi connectivity index (χ2v) is 5.84. The number of hydrogen-bond donors (Lipinski definition) is 2. The van der Waals surface area contributed by atoms with Gasteiger partial charge in [0.05, 0.1) is 35.7 Å². The normalized spacial score (nSPS) is 11.7. The highest BCUT2D eigenvalue weighted by atomic mass is 16.3. The Labute approximate surface area is 154 Å². The number of Topliss-reactive ketones (excluding diaryl/α,β-unsaturated/α-hetero) is 1. The summed E-state index contributed by atoms with van der Waals surface area (Å²) >= 11 is 0. The van der Waals surface area contributed by atoms with Crippen molar-refractivity contribution in [2.24, 2.45) is 12.8 Å². The second-order valence-electron chi connectivity index (χ2n) is 5.84. The first-order valence-electron chi connectivity index (χ1n) is 8.06. The summed E-state index contributed by atoms with van der Waals surface area (Å²) < 4.78 is 6.48. The summed E-state index contributed by atoms with van der Waals surface area (Å²) in [4.78, 5) is 40.5. The molecular weight excluding hydrogens is 350 g/mol. The van der Waals surface area contributed by atoms with Crippen LogP contribution >= 0.6 is 0 Å². The number of nitrogens with zero attached hydrogens (tertiary/aromatic N) is 3. The van der Waals surface area contributed by atoms with Crippen LogP contribution in [0.4, 0.5) is 0 Å². The molecule has 0 bridgehead atoms. The van der Waals surface area contributed by atoms with Gasteiger partial charge in [-0.2, -0.15) is 5.10 Å². The monoisotopic (exact) mass is 367 g/mol. The molecule has 3 heterocycles. The Bertz CT molecular complexity index is 963. The molecule has 0 aromatic carbocycles. The van der Waals surface area contributed by atoms with E-state index < -0.39 is 23.6 Å². The molecule has 1 unspecified atom stereocenters. The van der Waals surface area contributed by atoms with Gasteiger partial charge in [0.1, 0.15) is 6.04 Å². The van der Waals surface area contributed by atoms with Gasteiger partial charge in [-0.15, -0.1) is 0 Å². The average molecular weight is 367 g/mol. The number of rotatable bonds is 7. The van der Waals surface area contributed by atoms with Crippen molar-refractivity contribution in [2.45, 2.75) is 12.5 Å². The lowest BCUT2D eigenvalue weighted by Crippen LogP contribution is -2.47. The van der Waals surface area contributed by atoms with Crippen LogP contribution in [0.15, 0.2) is 53.6 Å². The maximum absolute atomic E-state index is 12.8. The molecule has 0 saturated heterocycles. The van der Waals surface area contributed by atoms with Crippen LogP contribution in [-0.4, -0.2) is 38.4 Å². The van der Waals surface area contributed by atoms with Gasteiger partial charge in [-0.3, -0.25) is 24.0 Å². The summed E-state index contributed by atoms with van der Waals surface area (Å²) in [5.74, 6) is -2.58. The molecule has 3 aromatic rings. The van der Waals surface area contributed by atoms with E-state index in [2.05, 4.69) is 15.4 Å². The molecule has 9 heteroatoms. The SMILES string of the molecule is Cn1ncc(C(=O)NC(Cc2ccoc2)C(=O)C(N)=O)c1-c1ccccn1. The summed E-state index contributed by atoms with van der Waals surface area (Å²) in [5, 5.41) is 6.67. The van der Waals surface area contributed by atoms with Crippen LogP contribution in [0.1, 0.15) is 15.9 Å². The third-order valence-corrected chi connectivity index (χ3v) is 3.98. The van der Waals surface area contributed by atoms with E-state index in [1.54, 1.807) is 37.5 Å². The number of pyridine rings is 1. The molecule has 0 spiro atoms. The van der Waals surface area contributed by atoms with E-state index in [4.69, 9.17) is 10.2 Å². The minimum atomic E-state index is -1.13. The minimum absolute atomic E-state index is 0.0726. The van der Waals surface area contributed by atoms with Gasteiger partial charge in [-0.1, -0.05) is 6.07 Å². The smallest absolute Gasteiger partial charge is 0.287 e. The number of carbonyl (C=O) groups excluding carboxylic acids is 3. The zero-order valence-electron chi connectivity index (χ0n) is 14.5. The van der Waals surface area contributed by atoms with Gasteiger partial charge >= 0.3 is 0 Å². The highest BCUT2D eigenvalue weighted by molar-refractivity contribution is 6.38. The van der Waals surface area contributed by atoms with Crippen LogP contribution < -0.4 is 11.1 Å². The van der Waals surface area contributed by atoms with Crippen LogP contribution in [0.2, 0.25) is 0 Å². The molecule has 0 aliphatic heterocycles. The summed E-state index contributed by atoms with van der Waals surface area (Å²) in [6.07, 6.45) is 5.91. The lowest BCUT2D eigenvalue weighted by molar-refractivity contribution is -0.137. The van der Waals surface area contributed by atoms with E-state index in [1.165, 1.54) is 23.4 Å².